The highest BCUT2D eigenvalue weighted by Gasteiger charge is 2.22. The maximum Gasteiger partial charge on any atom is 0.261 e. The fourth-order valence-electron chi connectivity index (χ4n) is 3.63. The van der Waals surface area contributed by atoms with Gasteiger partial charge in [-0.1, -0.05) is 23.7 Å². The van der Waals surface area contributed by atoms with E-state index in [0.29, 0.717) is 40.9 Å². The highest BCUT2D eigenvalue weighted by Crippen LogP contribution is 2.31. The zero-order valence-corrected chi connectivity index (χ0v) is 18.0. The second-order valence-corrected chi connectivity index (χ2v) is 8.70. The summed E-state index contributed by atoms with van der Waals surface area (Å²) < 4.78 is 30.2. The van der Waals surface area contributed by atoms with Crippen molar-refractivity contribution >= 4 is 39.7 Å². The molecule has 1 N–H and O–H groups in total. The first-order valence-electron chi connectivity index (χ1n) is 11.3. The first-order valence-corrected chi connectivity index (χ1v) is 11.1. The summed E-state index contributed by atoms with van der Waals surface area (Å²) in [7, 11) is 0. The molecular formula is C23H21ClN4O2S. The number of para-hydroxylation sites is 1. The number of amides is 1. The molecule has 158 valence electrons. The average Bonchev–Trinajstić information content (AvgIpc) is 3.54. The number of carbonyl (C=O) groups excluding carboxylic acids is 1. The number of ether oxygens (including phenoxy) is 1. The molecule has 31 heavy (non-hydrogen) atoms. The molecule has 2 aromatic heterocycles. The van der Waals surface area contributed by atoms with Crippen LogP contribution in [-0.4, -0.2) is 46.7 Å². The van der Waals surface area contributed by atoms with Crippen LogP contribution < -0.4 is 10.1 Å². The number of aromatic nitrogens is 2. The van der Waals surface area contributed by atoms with Gasteiger partial charge in [0.2, 0.25) is 0 Å². The van der Waals surface area contributed by atoms with E-state index in [4.69, 9.17) is 20.5 Å². The summed E-state index contributed by atoms with van der Waals surface area (Å²) in [5.74, 6) is 1.02. The molecule has 1 fully saturated rings. The molecule has 1 aliphatic heterocycles. The molecule has 8 heteroatoms. The number of hydrogen-bond donors (Lipinski definition) is 1. The van der Waals surface area contributed by atoms with Crippen molar-refractivity contribution in [1.82, 2.24) is 20.0 Å². The summed E-state index contributed by atoms with van der Waals surface area (Å²) >= 11 is 7.51. The number of nitrogens with zero attached hydrogens (tertiary/aromatic N) is 3. The minimum atomic E-state index is -2.13. The Labute approximate surface area is 193 Å². The molecule has 1 aliphatic rings. The second-order valence-electron chi connectivity index (χ2n) is 7.38. The standard InChI is InChI=1S/C23H21ClN4O2S/c1-27-9-8-16(13-27)26-23(29)22-11-17(14-31-22)28-20-7-6-18(10-15(20)12-25-28)30-21-5-3-2-4-19(21)24/h2-7,10-12,14,16H,8-9,13H2,1H3,(H,26,29)/t16-/m0/s1/i1D3. The number of likely N-dealkylation sites (N-methyl/N-ethyl adjacent to an activating group) is 1. The number of rotatable bonds is 5. The summed E-state index contributed by atoms with van der Waals surface area (Å²) in [5.41, 5.74) is 1.65. The van der Waals surface area contributed by atoms with Gasteiger partial charge in [0.15, 0.2) is 0 Å². The van der Waals surface area contributed by atoms with E-state index in [-0.39, 0.29) is 11.9 Å². The molecule has 3 heterocycles. The third-order valence-corrected chi connectivity index (χ3v) is 6.41. The molecule has 6 nitrogen and oxygen atoms in total. The Bertz CT molecular complexity index is 1350. The lowest BCUT2D eigenvalue weighted by molar-refractivity contribution is 0.0942. The van der Waals surface area contributed by atoms with Crippen LogP contribution in [0.3, 0.4) is 0 Å². The number of halogens is 1. The van der Waals surface area contributed by atoms with Crippen LogP contribution in [0.15, 0.2) is 60.1 Å². The fourth-order valence-corrected chi connectivity index (χ4v) is 4.57. The predicted molar refractivity (Wildman–Crippen MR) is 124 cm³/mol. The van der Waals surface area contributed by atoms with Gasteiger partial charge in [-0.05, 0) is 56.3 Å². The molecule has 0 bridgehead atoms. The van der Waals surface area contributed by atoms with Crippen LogP contribution in [-0.2, 0) is 0 Å². The van der Waals surface area contributed by atoms with E-state index in [9.17, 15) is 4.79 Å². The first-order chi connectivity index (χ1) is 16.3. The van der Waals surface area contributed by atoms with Gasteiger partial charge in [-0.25, -0.2) is 4.68 Å². The molecular weight excluding hydrogens is 432 g/mol. The molecule has 0 saturated carbocycles. The second kappa shape index (κ2) is 8.34. The van der Waals surface area contributed by atoms with Crippen LogP contribution in [0.1, 0.15) is 20.2 Å². The van der Waals surface area contributed by atoms with Crippen LogP contribution in [0.4, 0.5) is 0 Å². The normalized spacial score (nSPS) is 18.5. The van der Waals surface area contributed by atoms with Crippen molar-refractivity contribution in [3.05, 3.63) is 70.0 Å². The summed E-state index contributed by atoms with van der Waals surface area (Å²) in [6, 6.07) is 14.5. The lowest BCUT2D eigenvalue weighted by atomic mass is 10.2. The third kappa shape index (κ3) is 4.17. The van der Waals surface area contributed by atoms with Gasteiger partial charge in [0.1, 0.15) is 11.5 Å². The Balaban J connectivity index is 1.30. The minimum Gasteiger partial charge on any atom is -0.456 e. The number of benzene rings is 2. The van der Waals surface area contributed by atoms with E-state index in [1.54, 1.807) is 29.1 Å². The summed E-state index contributed by atoms with van der Waals surface area (Å²) in [4.78, 5) is 14.7. The van der Waals surface area contributed by atoms with Gasteiger partial charge < -0.3 is 15.0 Å². The SMILES string of the molecule is [2H]C([2H])([2H])N1CC[C@H](NC(=O)c2cc(-n3ncc4cc(Oc5ccccc5Cl)ccc43)cs2)C1. The molecule has 1 saturated heterocycles. The van der Waals surface area contributed by atoms with Crippen molar-refractivity contribution in [2.24, 2.45) is 0 Å². The first kappa shape index (κ1) is 16.8. The lowest BCUT2D eigenvalue weighted by Gasteiger charge is -2.11. The molecule has 1 amide bonds. The molecule has 1 atom stereocenters. The highest BCUT2D eigenvalue weighted by molar-refractivity contribution is 7.12. The van der Waals surface area contributed by atoms with E-state index in [1.807, 2.05) is 35.7 Å². The van der Waals surface area contributed by atoms with Gasteiger partial charge in [-0.2, -0.15) is 5.10 Å². The van der Waals surface area contributed by atoms with Crippen LogP contribution in [0, 0.1) is 0 Å². The number of thiophene rings is 1. The van der Waals surface area contributed by atoms with Crippen molar-refractivity contribution in [2.45, 2.75) is 12.5 Å². The number of likely N-dealkylation sites (tertiary alicyclic amines) is 1. The van der Waals surface area contributed by atoms with Crippen molar-refractivity contribution in [3.63, 3.8) is 0 Å². The fraction of sp³-hybridized carbons (Fsp3) is 0.217. The number of carbonyl (C=O) groups is 1. The lowest BCUT2D eigenvalue weighted by Crippen LogP contribution is -2.36. The summed E-state index contributed by atoms with van der Waals surface area (Å²) in [5, 5.41) is 10.7. The maximum absolute atomic E-state index is 12.7. The van der Waals surface area contributed by atoms with E-state index in [0.717, 1.165) is 16.6 Å². The molecule has 0 aliphatic carbocycles. The van der Waals surface area contributed by atoms with Crippen molar-refractivity contribution in [3.8, 4) is 17.2 Å². The van der Waals surface area contributed by atoms with E-state index in [1.165, 1.54) is 16.2 Å². The summed E-state index contributed by atoms with van der Waals surface area (Å²) in [6.07, 6.45) is 2.36. The maximum atomic E-state index is 12.7. The highest BCUT2D eigenvalue weighted by atomic mass is 35.5. The van der Waals surface area contributed by atoms with Gasteiger partial charge in [0, 0.05) is 27.5 Å². The van der Waals surface area contributed by atoms with Gasteiger partial charge in [-0.15, -0.1) is 11.3 Å². The molecule has 4 aromatic rings. The molecule has 2 aromatic carbocycles. The number of hydrogen-bond acceptors (Lipinski definition) is 5. The zero-order valence-electron chi connectivity index (χ0n) is 19.4. The monoisotopic (exact) mass is 455 g/mol. The molecule has 0 spiro atoms. The van der Waals surface area contributed by atoms with Crippen molar-refractivity contribution in [2.75, 3.05) is 20.1 Å². The Hall–Kier alpha value is -2.87. The van der Waals surface area contributed by atoms with E-state index >= 15 is 0 Å². The zero-order chi connectivity index (χ0) is 23.9. The van der Waals surface area contributed by atoms with E-state index in [2.05, 4.69) is 10.4 Å². The average molecular weight is 456 g/mol. The molecule has 5 rings (SSSR count). The Morgan fingerprint density at radius 2 is 2.23 bits per heavy atom. The topological polar surface area (TPSA) is 59.4 Å². The van der Waals surface area contributed by atoms with Crippen LogP contribution >= 0.6 is 22.9 Å². The van der Waals surface area contributed by atoms with Crippen molar-refractivity contribution in [1.29, 1.82) is 0 Å². The van der Waals surface area contributed by atoms with Crippen LogP contribution in [0.25, 0.3) is 16.6 Å². The van der Waals surface area contributed by atoms with Gasteiger partial charge in [0.25, 0.3) is 5.91 Å². The molecule has 0 unspecified atom stereocenters. The summed E-state index contributed by atoms with van der Waals surface area (Å²) in [6.45, 7) is -1.36. The van der Waals surface area contributed by atoms with Crippen LogP contribution in [0.5, 0.6) is 11.5 Å². The quantitative estimate of drug-likeness (QED) is 0.461. The Morgan fingerprint density at radius 3 is 3.06 bits per heavy atom. The predicted octanol–water partition coefficient (Wildman–Crippen LogP) is 4.97. The number of fused-ring (bicyclic) bond motifs is 1. The molecule has 0 radical (unpaired) electrons. The van der Waals surface area contributed by atoms with Crippen molar-refractivity contribution < 1.29 is 13.6 Å². The third-order valence-electron chi connectivity index (χ3n) is 5.18. The smallest absolute Gasteiger partial charge is 0.261 e. The van der Waals surface area contributed by atoms with Gasteiger partial charge in [0.05, 0.1) is 27.3 Å². The van der Waals surface area contributed by atoms with Gasteiger partial charge >= 0.3 is 0 Å². The van der Waals surface area contributed by atoms with Crippen LogP contribution in [0.2, 0.25) is 5.02 Å². The Kier molecular flexibility index (Phi) is 4.51. The number of nitrogens with one attached hydrogen (secondary N) is 1. The minimum absolute atomic E-state index is 0.180. The largest absolute Gasteiger partial charge is 0.456 e. The van der Waals surface area contributed by atoms with Gasteiger partial charge in [-0.3, -0.25) is 4.79 Å². The Morgan fingerprint density at radius 1 is 1.32 bits per heavy atom. The van der Waals surface area contributed by atoms with E-state index < -0.39 is 6.98 Å².